The minimum atomic E-state index is 0. The van der Waals surface area contributed by atoms with Gasteiger partial charge in [-0.05, 0) is 40.0 Å². The molecule has 0 aliphatic carbocycles. The lowest BCUT2D eigenvalue weighted by Crippen LogP contribution is -2.45. The molecular weight excluding hydrogens is 373 g/mol. The van der Waals surface area contributed by atoms with Gasteiger partial charge in [0.2, 0.25) is 0 Å². The number of unbranched alkanes of at least 4 members (excludes halogenated alkanes) is 2. The fourth-order valence-corrected chi connectivity index (χ4v) is 3.15. The first kappa shape index (κ1) is 21.1. The van der Waals surface area contributed by atoms with Crippen LogP contribution in [0.2, 0.25) is 0 Å². The molecule has 122 valence electrons. The van der Waals surface area contributed by atoms with Gasteiger partial charge in [0.05, 0.1) is 0 Å². The SMILES string of the molecule is CCCCC[C@@H](c1ccnc(Br)c1)N1CCNCC1.Cl.Cl. The van der Waals surface area contributed by atoms with E-state index in [4.69, 9.17) is 0 Å². The van der Waals surface area contributed by atoms with Gasteiger partial charge >= 0.3 is 0 Å². The van der Waals surface area contributed by atoms with E-state index < -0.39 is 0 Å². The molecule has 6 heteroatoms. The van der Waals surface area contributed by atoms with E-state index in [2.05, 4.69) is 50.2 Å². The molecule has 1 N–H and O–H groups in total. The number of hydrogen-bond acceptors (Lipinski definition) is 3. The van der Waals surface area contributed by atoms with Gasteiger partial charge < -0.3 is 5.32 Å². The third-order valence-electron chi connectivity index (χ3n) is 3.81. The van der Waals surface area contributed by atoms with Crippen LogP contribution in [-0.2, 0) is 0 Å². The van der Waals surface area contributed by atoms with Crippen LogP contribution < -0.4 is 5.32 Å². The van der Waals surface area contributed by atoms with E-state index in [0.29, 0.717) is 6.04 Å². The minimum Gasteiger partial charge on any atom is -0.314 e. The molecule has 1 fully saturated rings. The molecule has 1 atom stereocenters. The summed E-state index contributed by atoms with van der Waals surface area (Å²) in [6.45, 7) is 6.78. The summed E-state index contributed by atoms with van der Waals surface area (Å²) in [6.07, 6.45) is 7.09. The minimum absolute atomic E-state index is 0. The van der Waals surface area contributed by atoms with Gasteiger partial charge in [0.1, 0.15) is 4.60 Å². The van der Waals surface area contributed by atoms with Crippen LogP contribution in [0.25, 0.3) is 0 Å². The number of nitrogens with one attached hydrogen (secondary N) is 1. The van der Waals surface area contributed by atoms with Crippen molar-refractivity contribution in [1.29, 1.82) is 0 Å². The zero-order valence-corrected chi connectivity index (χ0v) is 15.8. The summed E-state index contributed by atoms with van der Waals surface area (Å²) in [5.41, 5.74) is 1.40. The lowest BCUT2D eigenvalue weighted by atomic mass is 9.99. The molecule has 1 aromatic heterocycles. The normalized spacial score (nSPS) is 16.7. The van der Waals surface area contributed by atoms with Gasteiger partial charge in [-0.3, -0.25) is 4.90 Å². The highest BCUT2D eigenvalue weighted by molar-refractivity contribution is 9.10. The lowest BCUT2D eigenvalue weighted by Gasteiger charge is -2.35. The second-order valence-corrected chi connectivity index (χ2v) is 6.02. The number of halogens is 3. The molecule has 2 heterocycles. The monoisotopic (exact) mass is 397 g/mol. The van der Waals surface area contributed by atoms with Crippen molar-refractivity contribution >= 4 is 40.7 Å². The predicted molar refractivity (Wildman–Crippen MR) is 97.8 cm³/mol. The molecule has 0 radical (unpaired) electrons. The Labute approximate surface area is 149 Å². The van der Waals surface area contributed by atoms with Gasteiger partial charge in [-0.25, -0.2) is 4.98 Å². The predicted octanol–water partition coefficient (Wildman–Crippen LogP) is 4.21. The molecule has 0 saturated carbocycles. The van der Waals surface area contributed by atoms with Gasteiger partial charge in [-0.1, -0.05) is 26.2 Å². The van der Waals surface area contributed by atoms with Crippen LogP contribution in [0, 0.1) is 0 Å². The average molecular weight is 399 g/mol. The molecule has 1 saturated heterocycles. The first-order chi connectivity index (χ1) is 9.31. The third-order valence-corrected chi connectivity index (χ3v) is 4.24. The van der Waals surface area contributed by atoms with Gasteiger partial charge in [-0.15, -0.1) is 24.8 Å². The summed E-state index contributed by atoms with van der Waals surface area (Å²) in [5.74, 6) is 0. The molecule has 0 unspecified atom stereocenters. The standard InChI is InChI=1S/C15H24BrN3.2ClH/c1-2-3-4-5-14(19-10-8-17-9-11-19)13-6-7-18-15(16)12-13;;/h6-7,12,14,17H,2-5,8-11H2,1H3;2*1H/t14-;;/m0../s1. The summed E-state index contributed by atoms with van der Waals surface area (Å²) in [5, 5.41) is 3.44. The van der Waals surface area contributed by atoms with E-state index >= 15 is 0 Å². The first-order valence-electron chi connectivity index (χ1n) is 7.37. The molecule has 1 aliphatic heterocycles. The molecule has 1 aromatic rings. The maximum absolute atomic E-state index is 4.25. The number of piperazine rings is 1. The summed E-state index contributed by atoms with van der Waals surface area (Å²) < 4.78 is 0.945. The Hall–Kier alpha value is 0.130. The summed E-state index contributed by atoms with van der Waals surface area (Å²) in [4.78, 5) is 6.87. The van der Waals surface area contributed by atoms with E-state index in [1.54, 1.807) is 0 Å². The first-order valence-corrected chi connectivity index (χ1v) is 8.16. The van der Waals surface area contributed by atoms with Crippen molar-refractivity contribution in [1.82, 2.24) is 15.2 Å². The number of nitrogens with zero attached hydrogens (tertiary/aromatic N) is 2. The number of aromatic nitrogens is 1. The summed E-state index contributed by atoms with van der Waals surface area (Å²) in [6, 6.07) is 4.90. The summed E-state index contributed by atoms with van der Waals surface area (Å²) in [7, 11) is 0. The Morgan fingerprint density at radius 3 is 2.62 bits per heavy atom. The van der Waals surface area contributed by atoms with Crippen molar-refractivity contribution < 1.29 is 0 Å². The fraction of sp³-hybridized carbons (Fsp3) is 0.667. The number of rotatable bonds is 6. The molecule has 0 aromatic carbocycles. The van der Waals surface area contributed by atoms with Gasteiger partial charge in [0, 0.05) is 38.4 Å². The van der Waals surface area contributed by atoms with Crippen LogP contribution in [-0.4, -0.2) is 36.1 Å². The smallest absolute Gasteiger partial charge is 0.106 e. The fourth-order valence-electron chi connectivity index (χ4n) is 2.77. The van der Waals surface area contributed by atoms with E-state index in [1.165, 1.54) is 31.2 Å². The van der Waals surface area contributed by atoms with Crippen LogP contribution >= 0.6 is 40.7 Å². The molecular formula is C15H26BrCl2N3. The number of hydrogen-bond donors (Lipinski definition) is 1. The lowest BCUT2D eigenvalue weighted by molar-refractivity contribution is 0.162. The number of pyridine rings is 1. The average Bonchev–Trinajstić information content (AvgIpc) is 2.45. The Morgan fingerprint density at radius 2 is 2.00 bits per heavy atom. The Balaban J connectivity index is 0.00000200. The Morgan fingerprint density at radius 1 is 1.29 bits per heavy atom. The summed E-state index contributed by atoms with van der Waals surface area (Å²) >= 11 is 3.49. The third kappa shape index (κ3) is 6.83. The van der Waals surface area contributed by atoms with Gasteiger partial charge in [-0.2, -0.15) is 0 Å². The van der Waals surface area contributed by atoms with Crippen molar-refractivity contribution in [2.45, 2.75) is 38.6 Å². The molecule has 3 nitrogen and oxygen atoms in total. The highest BCUT2D eigenvalue weighted by Crippen LogP contribution is 2.28. The van der Waals surface area contributed by atoms with Crippen molar-refractivity contribution in [3.8, 4) is 0 Å². The van der Waals surface area contributed by atoms with E-state index in [1.807, 2.05) is 6.20 Å². The second kappa shape index (κ2) is 11.7. The molecule has 0 bridgehead atoms. The van der Waals surface area contributed by atoms with Crippen molar-refractivity contribution in [3.05, 3.63) is 28.5 Å². The maximum Gasteiger partial charge on any atom is 0.106 e. The zero-order valence-electron chi connectivity index (χ0n) is 12.6. The zero-order chi connectivity index (χ0) is 13.5. The van der Waals surface area contributed by atoms with Crippen molar-refractivity contribution in [3.63, 3.8) is 0 Å². The molecule has 2 rings (SSSR count). The van der Waals surface area contributed by atoms with Gasteiger partial charge in [0.25, 0.3) is 0 Å². The van der Waals surface area contributed by atoms with Crippen LogP contribution in [0.5, 0.6) is 0 Å². The topological polar surface area (TPSA) is 28.2 Å². The van der Waals surface area contributed by atoms with Crippen molar-refractivity contribution in [2.24, 2.45) is 0 Å². The largest absolute Gasteiger partial charge is 0.314 e. The van der Waals surface area contributed by atoms with Gasteiger partial charge in [0.15, 0.2) is 0 Å². The molecule has 21 heavy (non-hydrogen) atoms. The maximum atomic E-state index is 4.25. The van der Waals surface area contributed by atoms with Crippen LogP contribution in [0.15, 0.2) is 22.9 Å². The second-order valence-electron chi connectivity index (χ2n) is 5.21. The van der Waals surface area contributed by atoms with Crippen LogP contribution in [0.3, 0.4) is 0 Å². The quantitative estimate of drug-likeness (QED) is 0.574. The van der Waals surface area contributed by atoms with Crippen LogP contribution in [0.1, 0.15) is 44.2 Å². The van der Waals surface area contributed by atoms with E-state index in [0.717, 1.165) is 30.8 Å². The Kier molecular flexibility index (Phi) is 11.7. The highest BCUT2D eigenvalue weighted by atomic mass is 79.9. The highest BCUT2D eigenvalue weighted by Gasteiger charge is 2.21. The van der Waals surface area contributed by atoms with Crippen LogP contribution in [0.4, 0.5) is 0 Å². The molecule has 1 aliphatic rings. The molecule has 0 spiro atoms. The van der Waals surface area contributed by atoms with Crippen molar-refractivity contribution in [2.75, 3.05) is 26.2 Å². The Bertz CT molecular complexity index is 387. The van der Waals surface area contributed by atoms with E-state index in [-0.39, 0.29) is 24.8 Å². The van der Waals surface area contributed by atoms with E-state index in [9.17, 15) is 0 Å². The molecule has 0 amide bonds.